The van der Waals surface area contributed by atoms with Gasteiger partial charge >= 0.3 is 0 Å². The molecule has 5 aromatic heterocycles. The third-order valence-corrected chi connectivity index (χ3v) is 16.9. The van der Waals surface area contributed by atoms with Gasteiger partial charge in [-0.15, -0.1) is 22.7 Å². The molecule has 0 N–H and O–H groups in total. The molecule has 354 valence electrons. The van der Waals surface area contributed by atoms with Crippen LogP contribution in [0.2, 0.25) is 0 Å². The van der Waals surface area contributed by atoms with Crippen LogP contribution in [0.15, 0.2) is 249 Å². The van der Waals surface area contributed by atoms with Gasteiger partial charge in [-0.1, -0.05) is 194 Å². The van der Waals surface area contributed by atoms with Crippen molar-refractivity contribution in [3.8, 4) is 90.1 Å². The summed E-state index contributed by atoms with van der Waals surface area (Å²) in [6.45, 7) is 0. The number of aromatic nitrogens is 5. The molecule has 0 saturated heterocycles. The summed E-state index contributed by atoms with van der Waals surface area (Å²) < 4.78 is 4.97. The van der Waals surface area contributed by atoms with Gasteiger partial charge < -0.3 is 0 Å². The molecule has 76 heavy (non-hydrogen) atoms. The highest BCUT2D eigenvalue weighted by molar-refractivity contribution is 7.26. The molecule has 0 aliphatic carbocycles. The fraction of sp³-hybridized carbons (Fsp3) is 0. The van der Waals surface area contributed by atoms with Gasteiger partial charge in [-0.3, -0.25) is 0 Å². The quantitative estimate of drug-likeness (QED) is 0.142. The van der Waals surface area contributed by atoms with E-state index in [0.717, 1.165) is 88.8 Å². The minimum absolute atomic E-state index is 0.632. The highest BCUT2D eigenvalue weighted by atomic mass is 32.1. The van der Waals surface area contributed by atoms with Gasteiger partial charge in [0.05, 0.1) is 22.4 Å². The van der Waals surface area contributed by atoms with Crippen molar-refractivity contribution in [2.75, 3.05) is 0 Å². The van der Waals surface area contributed by atoms with E-state index in [4.69, 9.17) is 24.9 Å². The first kappa shape index (κ1) is 44.0. The molecule has 0 aliphatic rings. The molecule has 0 unspecified atom stereocenters. The van der Waals surface area contributed by atoms with Crippen LogP contribution in [0.4, 0.5) is 0 Å². The molecule has 5 heterocycles. The maximum atomic E-state index is 5.45. The lowest BCUT2D eigenvalue weighted by Crippen LogP contribution is -2.00. The van der Waals surface area contributed by atoms with Crippen LogP contribution in [0.1, 0.15) is 0 Å². The summed E-state index contributed by atoms with van der Waals surface area (Å²) in [5, 5.41) is 7.12. The third kappa shape index (κ3) is 7.72. The van der Waals surface area contributed by atoms with E-state index in [1.54, 1.807) is 11.3 Å². The summed E-state index contributed by atoms with van der Waals surface area (Å²) in [7, 11) is 0. The molecule has 0 bridgehead atoms. The van der Waals surface area contributed by atoms with Gasteiger partial charge in [-0.05, 0) is 88.0 Å². The second-order valence-electron chi connectivity index (χ2n) is 19.2. The number of hydrogen-bond donors (Lipinski definition) is 0. The molecule has 0 atom stereocenters. The van der Waals surface area contributed by atoms with Gasteiger partial charge in [0, 0.05) is 78.9 Å². The van der Waals surface area contributed by atoms with Crippen LogP contribution in [0.25, 0.3) is 152 Å². The normalized spacial score (nSPS) is 11.7. The van der Waals surface area contributed by atoms with Gasteiger partial charge in [-0.25, -0.2) is 24.9 Å². The molecule has 0 saturated carbocycles. The van der Waals surface area contributed by atoms with Crippen molar-refractivity contribution < 1.29 is 0 Å². The largest absolute Gasteiger partial charge is 0.245 e. The van der Waals surface area contributed by atoms with E-state index in [-0.39, 0.29) is 0 Å². The topological polar surface area (TPSA) is 64.5 Å². The van der Waals surface area contributed by atoms with Crippen molar-refractivity contribution >= 4 is 84.8 Å². The molecule has 10 aromatic carbocycles. The lowest BCUT2D eigenvalue weighted by molar-refractivity contribution is 1.08. The first-order chi connectivity index (χ1) is 37.6. The van der Waals surface area contributed by atoms with Crippen molar-refractivity contribution in [1.82, 2.24) is 24.9 Å². The van der Waals surface area contributed by atoms with E-state index in [0.29, 0.717) is 17.5 Å². The van der Waals surface area contributed by atoms with E-state index in [1.165, 1.54) is 45.9 Å². The van der Waals surface area contributed by atoms with E-state index < -0.39 is 0 Å². The van der Waals surface area contributed by atoms with Crippen LogP contribution >= 0.6 is 22.7 Å². The average molecular weight is 1000 g/mol. The highest BCUT2D eigenvalue weighted by Crippen LogP contribution is 2.44. The Labute approximate surface area is 445 Å². The molecule has 15 aromatic rings. The first-order valence-corrected chi connectivity index (χ1v) is 27.0. The zero-order valence-electron chi connectivity index (χ0n) is 40.7. The first-order valence-electron chi connectivity index (χ1n) is 25.4. The van der Waals surface area contributed by atoms with Crippen LogP contribution < -0.4 is 0 Å². The summed E-state index contributed by atoms with van der Waals surface area (Å²) in [6, 6.07) is 88.3. The Kier molecular flexibility index (Phi) is 10.5. The Balaban J connectivity index is 0.814. The average Bonchev–Trinajstić information content (AvgIpc) is 4.12. The second kappa shape index (κ2) is 18.1. The van der Waals surface area contributed by atoms with Crippen molar-refractivity contribution in [2.24, 2.45) is 0 Å². The monoisotopic (exact) mass is 1000 g/mol. The molecule has 0 amide bonds. The number of fused-ring (bicyclic) bond motifs is 9. The molecular weight excluding hydrogens is 963 g/mol. The van der Waals surface area contributed by atoms with Crippen molar-refractivity contribution in [3.05, 3.63) is 249 Å². The van der Waals surface area contributed by atoms with Crippen molar-refractivity contribution in [1.29, 1.82) is 0 Å². The molecule has 0 fully saturated rings. The standard InChI is InChI=1S/C69H41N5S2/c1-3-13-45(14-4-1)58-37-35-46-31-32-47-36-38-59(71-65(47)64(46)70-58)52-40-50(39-51(41-52)53-19-12-24-62-63(53)56-18-8-10-23-61(56)75-62)44-27-25-42(26-28-44)43-29-33-49(34-30-43)68-72-67(48-15-5-2-6-16-48)73-69(74-68)57-21-11-20-55-54-17-7-9-22-60(54)76-66(55)57/h1-41H. The Morgan fingerprint density at radius 3 is 1.39 bits per heavy atom. The zero-order valence-corrected chi connectivity index (χ0v) is 42.4. The minimum atomic E-state index is 0.632. The number of hydrogen-bond acceptors (Lipinski definition) is 7. The third-order valence-electron chi connectivity index (χ3n) is 14.5. The summed E-state index contributed by atoms with van der Waals surface area (Å²) >= 11 is 3.62. The maximum Gasteiger partial charge on any atom is 0.165 e. The van der Waals surface area contributed by atoms with Crippen LogP contribution in [-0.4, -0.2) is 24.9 Å². The number of thiophene rings is 2. The van der Waals surface area contributed by atoms with Crippen molar-refractivity contribution in [2.45, 2.75) is 0 Å². The Bertz CT molecular complexity index is 4740. The van der Waals surface area contributed by atoms with Crippen LogP contribution in [-0.2, 0) is 0 Å². The molecule has 0 spiro atoms. The molecule has 7 heteroatoms. The summed E-state index contributed by atoms with van der Waals surface area (Å²) in [5.74, 6) is 1.94. The van der Waals surface area contributed by atoms with Crippen LogP contribution in [0.5, 0.6) is 0 Å². The fourth-order valence-corrected chi connectivity index (χ4v) is 13.1. The van der Waals surface area contributed by atoms with E-state index in [9.17, 15) is 0 Å². The molecular formula is C69H41N5S2. The van der Waals surface area contributed by atoms with E-state index in [2.05, 4.69) is 224 Å². The van der Waals surface area contributed by atoms with E-state index >= 15 is 0 Å². The second-order valence-corrected chi connectivity index (χ2v) is 21.3. The number of nitrogens with zero attached hydrogens (tertiary/aromatic N) is 5. The number of rotatable bonds is 8. The SMILES string of the molecule is c1ccc(-c2ccc3ccc4ccc(-c5cc(-c6ccc(-c7ccc(-c8nc(-c9ccccc9)nc(-c9cccc%10c9sc9ccccc9%10)n8)cc7)cc6)cc(-c6cccc7sc8ccccc8c67)c5)nc4c3n2)cc1. The minimum Gasteiger partial charge on any atom is -0.245 e. The summed E-state index contributed by atoms with van der Waals surface area (Å²) in [6.07, 6.45) is 0. The summed E-state index contributed by atoms with van der Waals surface area (Å²) in [4.78, 5) is 26.0. The number of pyridine rings is 2. The lowest BCUT2D eigenvalue weighted by Gasteiger charge is -2.14. The molecule has 0 aliphatic heterocycles. The van der Waals surface area contributed by atoms with Gasteiger partial charge in [0.2, 0.25) is 0 Å². The predicted octanol–water partition coefficient (Wildman–Crippen LogP) is 19.0. The van der Waals surface area contributed by atoms with Crippen LogP contribution in [0.3, 0.4) is 0 Å². The Morgan fingerprint density at radius 1 is 0.250 bits per heavy atom. The molecule has 0 radical (unpaired) electrons. The van der Waals surface area contributed by atoms with Gasteiger partial charge in [0.1, 0.15) is 0 Å². The van der Waals surface area contributed by atoms with Gasteiger partial charge in [0.25, 0.3) is 0 Å². The lowest BCUT2D eigenvalue weighted by atomic mass is 9.92. The van der Waals surface area contributed by atoms with E-state index in [1.807, 2.05) is 35.6 Å². The fourth-order valence-electron chi connectivity index (χ4n) is 10.7. The van der Waals surface area contributed by atoms with Gasteiger partial charge in [0.15, 0.2) is 17.5 Å². The van der Waals surface area contributed by atoms with Crippen molar-refractivity contribution in [3.63, 3.8) is 0 Å². The summed E-state index contributed by atoms with van der Waals surface area (Å²) in [5.41, 5.74) is 15.4. The zero-order chi connectivity index (χ0) is 50.1. The number of benzene rings is 10. The Morgan fingerprint density at radius 2 is 0.711 bits per heavy atom. The Hall–Kier alpha value is -9.53. The smallest absolute Gasteiger partial charge is 0.165 e. The molecule has 15 rings (SSSR count). The van der Waals surface area contributed by atoms with Gasteiger partial charge in [-0.2, -0.15) is 0 Å². The maximum absolute atomic E-state index is 5.45. The van der Waals surface area contributed by atoms with Crippen LogP contribution in [0, 0.1) is 0 Å². The highest BCUT2D eigenvalue weighted by Gasteiger charge is 2.19. The molecule has 5 nitrogen and oxygen atoms in total. The predicted molar refractivity (Wildman–Crippen MR) is 320 cm³/mol.